The molecule has 2 aromatic carbocycles. The first-order chi connectivity index (χ1) is 12.9. The standard InChI is InChI=1S/C19H21N3O3S2/c1-13(23)19-20-17-7-4-15(12-18(17)21-19)14-2-5-16(6-3-14)27(24,25)22-8-10-26-11-9-22/h2-7,12-13,23H,8-11H2,1H3,(H,20,21). The summed E-state index contributed by atoms with van der Waals surface area (Å²) in [5.74, 6) is 2.22. The van der Waals surface area contributed by atoms with Crippen molar-refractivity contribution < 1.29 is 13.5 Å². The number of thioether (sulfide) groups is 1. The fourth-order valence-electron chi connectivity index (χ4n) is 3.16. The van der Waals surface area contributed by atoms with Crippen molar-refractivity contribution >= 4 is 32.8 Å². The minimum absolute atomic E-state index is 0.331. The van der Waals surface area contributed by atoms with E-state index in [1.54, 1.807) is 35.1 Å². The zero-order valence-corrected chi connectivity index (χ0v) is 16.6. The van der Waals surface area contributed by atoms with Crippen molar-refractivity contribution in [1.29, 1.82) is 0 Å². The van der Waals surface area contributed by atoms with Gasteiger partial charge in [-0.2, -0.15) is 16.1 Å². The lowest BCUT2D eigenvalue weighted by Crippen LogP contribution is -2.37. The van der Waals surface area contributed by atoms with Crippen molar-refractivity contribution in [2.45, 2.75) is 17.9 Å². The van der Waals surface area contributed by atoms with Crippen LogP contribution in [0.25, 0.3) is 22.2 Å². The number of aliphatic hydroxyl groups excluding tert-OH is 1. The maximum atomic E-state index is 12.8. The van der Waals surface area contributed by atoms with E-state index in [0.717, 1.165) is 33.7 Å². The van der Waals surface area contributed by atoms with Crippen LogP contribution < -0.4 is 0 Å². The highest BCUT2D eigenvalue weighted by Crippen LogP contribution is 2.27. The highest BCUT2D eigenvalue weighted by atomic mass is 32.2. The number of nitrogens with one attached hydrogen (secondary N) is 1. The summed E-state index contributed by atoms with van der Waals surface area (Å²) in [6.07, 6.45) is -0.654. The molecular formula is C19H21N3O3S2. The second kappa shape index (κ2) is 7.27. The van der Waals surface area contributed by atoms with E-state index in [2.05, 4.69) is 9.97 Å². The van der Waals surface area contributed by atoms with Gasteiger partial charge in [-0.25, -0.2) is 13.4 Å². The maximum Gasteiger partial charge on any atom is 0.243 e. The molecule has 6 nitrogen and oxygen atoms in total. The largest absolute Gasteiger partial charge is 0.385 e. The zero-order chi connectivity index (χ0) is 19.0. The number of aromatic amines is 1. The molecule has 1 aliphatic rings. The number of sulfonamides is 1. The monoisotopic (exact) mass is 403 g/mol. The number of hydrogen-bond donors (Lipinski definition) is 2. The number of fused-ring (bicyclic) bond motifs is 1. The lowest BCUT2D eigenvalue weighted by molar-refractivity contribution is 0.190. The molecule has 1 aliphatic heterocycles. The van der Waals surface area contributed by atoms with E-state index in [1.165, 1.54) is 0 Å². The molecule has 27 heavy (non-hydrogen) atoms. The quantitative estimate of drug-likeness (QED) is 0.699. The number of aliphatic hydroxyl groups is 1. The highest BCUT2D eigenvalue weighted by Gasteiger charge is 2.25. The van der Waals surface area contributed by atoms with Crippen molar-refractivity contribution in [3.8, 4) is 11.1 Å². The van der Waals surface area contributed by atoms with Crippen molar-refractivity contribution in [1.82, 2.24) is 14.3 Å². The number of hydrogen-bond acceptors (Lipinski definition) is 5. The maximum absolute atomic E-state index is 12.8. The summed E-state index contributed by atoms with van der Waals surface area (Å²) in [5, 5.41) is 9.67. The van der Waals surface area contributed by atoms with Crippen LogP contribution in [-0.4, -0.2) is 52.4 Å². The van der Waals surface area contributed by atoms with E-state index in [1.807, 2.05) is 30.3 Å². The van der Waals surface area contributed by atoms with Crippen molar-refractivity contribution in [3.05, 3.63) is 48.3 Å². The van der Waals surface area contributed by atoms with Gasteiger partial charge in [0.15, 0.2) is 0 Å². The van der Waals surface area contributed by atoms with Gasteiger partial charge in [0, 0.05) is 24.6 Å². The van der Waals surface area contributed by atoms with Crippen molar-refractivity contribution in [2.75, 3.05) is 24.6 Å². The summed E-state index contributed by atoms with van der Waals surface area (Å²) in [4.78, 5) is 7.80. The van der Waals surface area contributed by atoms with Gasteiger partial charge in [-0.3, -0.25) is 0 Å². The molecule has 1 aromatic heterocycles. The Morgan fingerprint density at radius 1 is 1.11 bits per heavy atom. The third-order valence-electron chi connectivity index (χ3n) is 4.69. The lowest BCUT2D eigenvalue weighted by Gasteiger charge is -2.25. The van der Waals surface area contributed by atoms with Crippen LogP contribution in [0.1, 0.15) is 18.9 Å². The molecule has 0 amide bonds. The number of rotatable bonds is 4. The summed E-state index contributed by atoms with van der Waals surface area (Å²) in [7, 11) is -3.43. The first-order valence-corrected chi connectivity index (χ1v) is 11.4. The highest BCUT2D eigenvalue weighted by molar-refractivity contribution is 7.99. The third kappa shape index (κ3) is 3.62. The smallest absolute Gasteiger partial charge is 0.243 e. The Bertz CT molecular complexity index is 1050. The van der Waals surface area contributed by atoms with Crippen LogP contribution in [-0.2, 0) is 10.0 Å². The Hall–Kier alpha value is -1.87. The first kappa shape index (κ1) is 18.5. The fourth-order valence-corrected chi connectivity index (χ4v) is 5.74. The Balaban J connectivity index is 1.62. The molecule has 0 saturated carbocycles. The molecule has 142 valence electrons. The third-order valence-corrected chi connectivity index (χ3v) is 7.55. The number of imidazole rings is 1. The SMILES string of the molecule is CC(O)c1nc2ccc(-c3ccc(S(=O)(=O)N4CCSCC4)cc3)cc2[nH]1. The average molecular weight is 404 g/mol. The topological polar surface area (TPSA) is 86.3 Å². The Kier molecular flexibility index (Phi) is 4.98. The minimum Gasteiger partial charge on any atom is -0.385 e. The number of benzene rings is 2. The fraction of sp³-hybridized carbons (Fsp3) is 0.316. The average Bonchev–Trinajstić information content (AvgIpc) is 3.12. The molecular weight excluding hydrogens is 382 g/mol. The van der Waals surface area contributed by atoms with Crippen LogP contribution in [0.5, 0.6) is 0 Å². The van der Waals surface area contributed by atoms with Crippen LogP contribution in [0.2, 0.25) is 0 Å². The molecule has 0 radical (unpaired) electrons. The van der Waals surface area contributed by atoms with Gasteiger partial charge < -0.3 is 10.1 Å². The molecule has 4 rings (SSSR count). The molecule has 8 heteroatoms. The summed E-state index contributed by atoms with van der Waals surface area (Å²) in [5.41, 5.74) is 3.52. The van der Waals surface area contributed by atoms with Crippen LogP contribution in [0, 0.1) is 0 Å². The lowest BCUT2D eigenvalue weighted by atomic mass is 10.1. The second-order valence-electron chi connectivity index (χ2n) is 6.57. The molecule has 1 saturated heterocycles. The van der Waals surface area contributed by atoms with Crippen LogP contribution in [0.4, 0.5) is 0 Å². The molecule has 0 spiro atoms. The molecule has 3 aromatic rings. The van der Waals surface area contributed by atoms with Crippen LogP contribution in [0.3, 0.4) is 0 Å². The Morgan fingerprint density at radius 3 is 2.44 bits per heavy atom. The normalized spacial score (nSPS) is 17.3. The molecule has 1 fully saturated rings. The van der Waals surface area contributed by atoms with Crippen molar-refractivity contribution in [3.63, 3.8) is 0 Å². The summed E-state index contributed by atoms with van der Waals surface area (Å²) >= 11 is 1.78. The van der Waals surface area contributed by atoms with E-state index >= 15 is 0 Å². The van der Waals surface area contributed by atoms with E-state index in [4.69, 9.17) is 0 Å². The molecule has 1 atom stereocenters. The summed E-state index contributed by atoms with van der Waals surface area (Å²) < 4.78 is 27.1. The van der Waals surface area contributed by atoms with Gasteiger partial charge in [0.2, 0.25) is 10.0 Å². The molecule has 0 bridgehead atoms. The van der Waals surface area contributed by atoms with E-state index in [0.29, 0.717) is 23.8 Å². The van der Waals surface area contributed by atoms with Crippen molar-refractivity contribution in [2.24, 2.45) is 0 Å². The predicted molar refractivity (Wildman–Crippen MR) is 108 cm³/mol. The Labute approximate surface area is 162 Å². The van der Waals surface area contributed by atoms with E-state index in [-0.39, 0.29) is 0 Å². The van der Waals surface area contributed by atoms with E-state index in [9.17, 15) is 13.5 Å². The van der Waals surface area contributed by atoms with Gasteiger partial charge in [-0.1, -0.05) is 18.2 Å². The van der Waals surface area contributed by atoms with Gasteiger partial charge in [0.25, 0.3) is 0 Å². The first-order valence-electron chi connectivity index (χ1n) is 8.81. The Morgan fingerprint density at radius 2 is 1.78 bits per heavy atom. The summed E-state index contributed by atoms with van der Waals surface area (Å²) in [6, 6.07) is 12.8. The zero-order valence-electron chi connectivity index (χ0n) is 14.9. The van der Waals surface area contributed by atoms with Gasteiger partial charge in [0.05, 0.1) is 15.9 Å². The number of H-pyrrole nitrogens is 1. The van der Waals surface area contributed by atoms with E-state index < -0.39 is 16.1 Å². The second-order valence-corrected chi connectivity index (χ2v) is 9.73. The summed E-state index contributed by atoms with van der Waals surface area (Å²) in [6.45, 7) is 2.80. The van der Waals surface area contributed by atoms with Crippen LogP contribution in [0.15, 0.2) is 47.4 Å². The van der Waals surface area contributed by atoms with Gasteiger partial charge in [0.1, 0.15) is 11.9 Å². The van der Waals surface area contributed by atoms with Gasteiger partial charge in [-0.15, -0.1) is 0 Å². The number of aromatic nitrogens is 2. The molecule has 0 aliphatic carbocycles. The van der Waals surface area contributed by atoms with Gasteiger partial charge in [-0.05, 0) is 42.3 Å². The van der Waals surface area contributed by atoms with Gasteiger partial charge >= 0.3 is 0 Å². The minimum atomic E-state index is -3.43. The molecule has 1 unspecified atom stereocenters. The number of nitrogens with zero attached hydrogens (tertiary/aromatic N) is 2. The van der Waals surface area contributed by atoms with Crippen LogP contribution >= 0.6 is 11.8 Å². The molecule has 2 heterocycles. The molecule has 2 N–H and O–H groups in total. The predicted octanol–water partition coefficient (Wildman–Crippen LogP) is 3.02.